The summed E-state index contributed by atoms with van der Waals surface area (Å²) >= 11 is 0. The Bertz CT molecular complexity index is 591. The molecule has 0 bridgehead atoms. The summed E-state index contributed by atoms with van der Waals surface area (Å²) < 4.78 is 23.5. The summed E-state index contributed by atoms with van der Waals surface area (Å²) in [7, 11) is 0. The fraction of sp³-hybridized carbons (Fsp3) is 0.727. The summed E-state index contributed by atoms with van der Waals surface area (Å²) in [5.41, 5.74) is 2.89. The highest BCUT2D eigenvalue weighted by atomic mass is 16.5. The average molecular weight is 363 g/mol. The molecule has 4 nitrogen and oxygen atoms in total. The molecule has 0 spiro atoms. The van der Waals surface area contributed by atoms with Gasteiger partial charge in [0.25, 0.3) is 0 Å². The average Bonchev–Trinajstić information content (AvgIpc) is 2.58. The van der Waals surface area contributed by atoms with E-state index in [1.807, 2.05) is 0 Å². The fourth-order valence-corrected chi connectivity index (χ4v) is 3.56. The van der Waals surface area contributed by atoms with Crippen molar-refractivity contribution in [3.05, 3.63) is 23.3 Å². The predicted molar refractivity (Wildman–Crippen MR) is 103 cm³/mol. The summed E-state index contributed by atoms with van der Waals surface area (Å²) in [4.78, 5) is 0. The van der Waals surface area contributed by atoms with Gasteiger partial charge in [0.05, 0.1) is 50.5 Å². The molecule has 0 aliphatic carbocycles. The van der Waals surface area contributed by atoms with E-state index < -0.39 is 0 Å². The van der Waals surface area contributed by atoms with Crippen LogP contribution in [0.25, 0.3) is 0 Å². The Kier molecular flexibility index (Phi) is 6.13. The summed E-state index contributed by atoms with van der Waals surface area (Å²) in [6.45, 7) is 13.4. The van der Waals surface area contributed by atoms with Crippen molar-refractivity contribution in [3.8, 4) is 11.5 Å². The molecule has 0 aromatic heterocycles. The van der Waals surface area contributed by atoms with Crippen LogP contribution in [0.5, 0.6) is 11.5 Å². The highest BCUT2D eigenvalue weighted by molar-refractivity contribution is 5.50. The van der Waals surface area contributed by atoms with Gasteiger partial charge in [-0.1, -0.05) is 33.3 Å². The van der Waals surface area contributed by atoms with Gasteiger partial charge in [-0.3, -0.25) is 0 Å². The minimum atomic E-state index is 0.164. The lowest BCUT2D eigenvalue weighted by atomic mass is 9.84. The van der Waals surface area contributed by atoms with Crippen LogP contribution in [-0.4, -0.2) is 39.6 Å². The Morgan fingerprint density at radius 1 is 0.885 bits per heavy atom. The lowest BCUT2D eigenvalue weighted by molar-refractivity contribution is -0.136. The van der Waals surface area contributed by atoms with Gasteiger partial charge >= 0.3 is 0 Å². The Labute approximate surface area is 158 Å². The Hall–Kier alpha value is -1.26. The standard InChI is InChI=1S/C22H34O4/c1-5-8-18-9-10-19(25-15-21(6-2)11-23-12-21)20(17(18)4)26-16-22(7-3)13-24-14-22/h9-10H,5-8,11-16H2,1-4H3. The Balaban J connectivity index is 1.76. The van der Waals surface area contributed by atoms with E-state index in [0.717, 1.165) is 63.6 Å². The van der Waals surface area contributed by atoms with Crippen molar-refractivity contribution in [2.45, 2.75) is 53.4 Å². The first-order valence-electron chi connectivity index (χ1n) is 10.1. The Morgan fingerprint density at radius 3 is 1.92 bits per heavy atom. The van der Waals surface area contributed by atoms with Crippen molar-refractivity contribution >= 4 is 0 Å². The summed E-state index contributed by atoms with van der Waals surface area (Å²) in [6.07, 6.45) is 4.35. The monoisotopic (exact) mass is 362 g/mol. The van der Waals surface area contributed by atoms with Crippen LogP contribution in [0, 0.1) is 17.8 Å². The quantitative estimate of drug-likeness (QED) is 0.611. The largest absolute Gasteiger partial charge is 0.489 e. The fourth-order valence-electron chi connectivity index (χ4n) is 3.56. The molecule has 2 heterocycles. The van der Waals surface area contributed by atoms with E-state index in [1.165, 1.54) is 11.1 Å². The molecule has 0 atom stereocenters. The van der Waals surface area contributed by atoms with Crippen LogP contribution in [-0.2, 0) is 15.9 Å². The van der Waals surface area contributed by atoms with Crippen LogP contribution in [0.1, 0.15) is 51.2 Å². The third kappa shape index (κ3) is 3.86. The minimum Gasteiger partial charge on any atom is -0.489 e. The van der Waals surface area contributed by atoms with E-state index in [4.69, 9.17) is 18.9 Å². The van der Waals surface area contributed by atoms with Gasteiger partial charge in [-0.25, -0.2) is 0 Å². The van der Waals surface area contributed by atoms with Crippen molar-refractivity contribution in [2.24, 2.45) is 10.8 Å². The lowest BCUT2D eigenvalue weighted by Crippen LogP contribution is -2.47. The second-order valence-corrected chi connectivity index (χ2v) is 8.20. The van der Waals surface area contributed by atoms with E-state index in [2.05, 4.69) is 39.8 Å². The van der Waals surface area contributed by atoms with Gasteiger partial charge in [0, 0.05) is 0 Å². The van der Waals surface area contributed by atoms with Crippen LogP contribution in [0.2, 0.25) is 0 Å². The topological polar surface area (TPSA) is 36.9 Å². The third-order valence-electron chi connectivity index (χ3n) is 6.19. The first kappa shape index (κ1) is 19.5. The van der Waals surface area contributed by atoms with Gasteiger partial charge in [-0.2, -0.15) is 0 Å². The van der Waals surface area contributed by atoms with Crippen LogP contribution < -0.4 is 9.47 Å². The van der Waals surface area contributed by atoms with Gasteiger partial charge in [0.15, 0.2) is 11.5 Å². The number of benzene rings is 1. The zero-order chi connectivity index (χ0) is 18.6. The molecule has 2 aliphatic rings. The van der Waals surface area contributed by atoms with Gasteiger partial charge in [-0.05, 0) is 43.4 Å². The third-order valence-corrected chi connectivity index (χ3v) is 6.19. The van der Waals surface area contributed by atoms with E-state index >= 15 is 0 Å². The SMILES string of the molecule is CCCc1ccc(OCC2(CC)COC2)c(OCC2(CC)COC2)c1C. The van der Waals surface area contributed by atoms with E-state index in [9.17, 15) is 0 Å². The molecule has 146 valence electrons. The first-order valence-corrected chi connectivity index (χ1v) is 10.1. The van der Waals surface area contributed by atoms with Crippen LogP contribution >= 0.6 is 0 Å². The number of hydrogen-bond acceptors (Lipinski definition) is 4. The molecule has 26 heavy (non-hydrogen) atoms. The van der Waals surface area contributed by atoms with Crippen molar-refractivity contribution in [1.82, 2.24) is 0 Å². The molecule has 1 aromatic rings. The molecule has 0 saturated carbocycles. The number of rotatable bonds is 10. The van der Waals surface area contributed by atoms with Gasteiger partial charge in [-0.15, -0.1) is 0 Å². The molecule has 3 rings (SSSR count). The lowest BCUT2D eigenvalue weighted by Gasteiger charge is -2.41. The molecule has 2 saturated heterocycles. The second kappa shape index (κ2) is 8.18. The molecule has 0 radical (unpaired) electrons. The van der Waals surface area contributed by atoms with Crippen LogP contribution in [0.4, 0.5) is 0 Å². The van der Waals surface area contributed by atoms with Crippen molar-refractivity contribution in [1.29, 1.82) is 0 Å². The number of hydrogen-bond donors (Lipinski definition) is 0. The normalized spacial score (nSPS) is 20.2. The van der Waals surface area contributed by atoms with Crippen molar-refractivity contribution in [3.63, 3.8) is 0 Å². The molecular formula is C22H34O4. The smallest absolute Gasteiger partial charge is 0.164 e. The minimum absolute atomic E-state index is 0.164. The zero-order valence-corrected chi connectivity index (χ0v) is 16.9. The molecule has 1 aromatic carbocycles. The molecule has 0 unspecified atom stereocenters. The molecule has 0 N–H and O–H groups in total. The molecular weight excluding hydrogens is 328 g/mol. The molecule has 2 aliphatic heterocycles. The highest BCUT2D eigenvalue weighted by Gasteiger charge is 2.39. The van der Waals surface area contributed by atoms with Gasteiger partial charge in [0.2, 0.25) is 0 Å². The molecule has 4 heteroatoms. The molecule has 0 amide bonds. The predicted octanol–water partition coefficient (Wildman–Crippen LogP) is 4.56. The maximum absolute atomic E-state index is 6.37. The Morgan fingerprint density at radius 2 is 1.46 bits per heavy atom. The molecule has 2 fully saturated rings. The van der Waals surface area contributed by atoms with E-state index in [1.54, 1.807) is 0 Å². The zero-order valence-electron chi connectivity index (χ0n) is 16.9. The summed E-state index contributed by atoms with van der Waals surface area (Å²) in [6, 6.07) is 4.28. The highest BCUT2D eigenvalue weighted by Crippen LogP contribution is 2.39. The van der Waals surface area contributed by atoms with E-state index in [0.29, 0.717) is 13.2 Å². The van der Waals surface area contributed by atoms with Gasteiger partial charge < -0.3 is 18.9 Å². The summed E-state index contributed by atoms with van der Waals surface area (Å²) in [5.74, 6) is 1.79. The maximum atomic E-state index is 6.37. The van der Waals surface area contributed by atoms with Crippen LogP contribution in [0.15, 0.2) is 12.1 Å². The summed E-state index contributed by atoms with van der Waals surface area (Å²) in [5, 5.41) is 0. The number of ether oxygens (including phenoxy) is 4. The van der Waals surface area contributed by atoms with Crippen molar-refractivity contribution < 1.29 is 18.9 Å². The van der Waals surface area contributed by atoms with Gasteiger partial charge in [0.1, 0.15) is 0 Å². The van der Waals surface area contributed by atoms with Crippen LogP contribution in [0.3, 0.4) is 0 Å². The van der Waals surface area contributed by atoms with E-state index in [-0.39, 0.29) is 10.8 Å². The maximum Gasteiger partial charge on any atom is 0.164 e. The van der Waals surface area contributed by atoms with Crippen molar-refractivity contribution in [2.75, 3.05) is 39.6 Å². The number of aryl methyl sites for hydroxylation is 1. The first-order chi connectivity index (χ1) is 12.6. The second-order valence-electron chi connectivity index (χ2n) is 8.20.